The van der Waals surface area contributed by atoms with E-state index in [2.05, 4.69) is 4.98 Å². The number of nitrogens with zero attached hydrogens (tertiary/aromatic N) is 2. The minimum atomic E-state index is 0.333. The molecule has 1 heterocycles. The van der Waals surface area contributed by atoms with Gasteiger partial charge in [-0.15, -0.1) is 0 Å². The van der Waals surface area contributed by atoms with Crippen molar-refractivity contribution in [3.63, 3.8) is 0 Å². The summed E-state index contributed by atoms with van der Waals surface area (Å²) in [5, 5.41) is 1.01. The van der Waals surface area contributed by atoms with E-state index in [9.17, 15) is 0 Å². The van der Waals surface area contributed by atoms with Crippen molar-refractivity contribution >= 4 is 22.5 Å². The average molecular weight is 451 g/mol. The molecular weight excluding hydrogens is 428 g/mol. The molecule has 32 heavy (non-hydrogen) atoms. The zero-order chi connectivity index (χ0) is 22.3. The first-order chi connectivity index (χ1) is 15.7. The van der Waals surface area contributed by atoms with Crippen molar-refractivity contribution in [2.24, 2.45) is 0 Å². The van der Waals surface area contributed by atoms with E-state index in [1.54, 1.807) is 26.4 Å². The monoisotopic (exact) mass is 450 g/mol. The van der Waals surface area contributed by atoms with Crippen LogP contribution in [-0.4, -0.2) is 37.4 Å². The van der Waals surface area contributed by atoms with Crippen LogP contribution in [0.5, 0.6) is 17.2 Å². The molecule has 1 aromatic heterocycles. The van der Waals surface area contributed by atoms with Gasteiger partial charge in [0.25, 0.3) is 0 Å². The highest BCUT2D eigenvalue weighted by atomic mass is 35.5. The normalized spacial score (nSPS) is 10.8. The molecule has 3 aromatic carbocycles. The third kappa shape index (κ3) is 5.10. The first-order valence-electron chi connectivity index (χ1n) is 10.1. The largest absolute Gasteiger partial charge is 0.493 e. The third-order valence-electron chi connectivity index (χ3n) is 4.82. The minimum absolute atomic E-state index is 0.333. The fourth-order valence-corrected chi connectivity index (χ4v) is 3.43. The molecule has 7 heteroatoms. The van der Waals surface area contributed by atoms with Crippen LogP contribution in [0.3, 0.4) is 0 Å². The smallest absolute Gasteiger partial charge is 0.162 e. The number of benzene rings is 3. The number of aromatic nitrogens is 2. The molecule has 0 amide bonds. The molecule has 0 saturated heterocycles. The maximum absolute atomic E-state index is 6.52. The molecule has 164 valence electrons. The van der Waals surface area contributed by atoms with Crippen molar-refractivity contribution in [1.82, 2.24) is 9.97 Å². The molecule has 0 aliphatic heterocycles. The summed E-state index contributed by atoms with van der Waals surface area (Å²) in [6.45, 7) is 1.34. The highest BCUT2D eigenvalue weighted by Crippen LogP contribution is 2.35. The highest BCUT2D eigenvalue weighted by molar-refractivity contribution is 6.34. The van der Waals surface area contributed by atoms with Crippen LogP contribution < -0.4 is 14.2 Å². The van der Waals surface area contributed by atoms with E-state index >= 15 is 0 Å². The van der Waals surface area contributed by atoms with Crippen LogP contribution in [0.25, 0.3) is 22.3 Å². The van der Waals surface area contributed by atoms with E-state index in [0.29, 0.717) is 53.2 Å². The first-order valence-corrected chi connectivity index (χ1v) is 10.5. The Bertz CT molecular complexity index is 1200. The summed E-state index contributed by atoms with van der Waals surface area (Å²) in [4.78, 5) is 9.20. The topological polar surface area (TPSA) is 62.7 Å². The van der Waals surface area contributed by atoms with Crippen LogP contribution in [0.2, 0.25) is 5.15 Å². The molecular formula is C25H23ClN2O4. The zero-order valence-corrected chi connectivity index (χ0v) is 18.6. The van der Waals surface area contributed by atoms with Gasteiger partial charge in [0.05, 0.1) is 19.2 Å². The Morgan fingerprint density at radius 2 is 1.66 bits per heavy atom. The predicted molar refractivity (Wildman–Crippen MR) is 125 cm³/mol. The highest BCUT2D eigenvalue weighted by Gasteiger charge is 2.14. The average Bonchev–Trinajstić information content (AvgIpc) is 2.83. The van der Waals surface area contributed by atoms with E-state index in [-0.39, 0.29) is 0 Å². The maximum Gasteiger partial charge on any atom is 0.162 e. The SMILES string of the molecule is COCCOc1cc2c(Cl)nc(-c3cccc(OCc4ccccc4)c3)nc2cc1OC. The van der Waals surface area contributed by atoms with Crippen molar-refractivity contribution in [3.05, 3.63) is 77.4 Å². The van der Waals surface area contributed by atoms with Crippen LogP contribution in [0.4, 0.5) is 0 Å². The standard InChI is InChI=1S/C25H23ClN2O4/c1-29-11-12-31-23-14-20-21(15-22(23)30-2)27-25(28-24(20)26)18-9-6-10-19(13-18)32-16-17-7-4-3-5-8-17/h3-10,13-15H,11-12,16H2,1-2H3. The molecule has 4 aromatic rings. The van der Waals surface area contributed by atoms with Crippen molar-refractivity contribution in [2.75, 3.05) is 27.4 Å². The Morgan fingerprint density at radius 3 is 2.44 bits per heavy atom. The van der Waals surface area contributed by atoms with Gasteiger partial charge in [-0.25, -0.2) is 9.97 Å². The van der Waals surface area contributed by atoms with Crippen LogP contribution >= 0.6 is 11.6 Å². The van der Waals surface area contributed by atoms with Gasteiger partial charge in [-0.2, -0.15) is 0 Å². The number of methoxy groups -OCH3 is 2. The molecule has 0 saturated carbocycles. The molecule has 0 fully saturated rings. The predicted octanol–water partition coefficient (Wildman–Crippen LogP) is 5.56. The molecule has 0 unspecified atom stereocenters. The van der Waals surface area contributed by atoms with Gasteiger partial charge in [-0.1, -0.05) is 54.1 Å². The lowest BCUT2D eigenvalue weighted by Gasteiger charge is -2.13. The van der Waals surface area contributed by atoms with Gasteiger partial charge in [0.2, 0.25) is 0 Å². The van der Waals surface area contributed by atoms with Crippen LogP contribution in [-0.2, 0) is 11.3 Å². The number of ether oxygens (including phenoxy) is 4. The van der Waals surface area contributed by atoms with Crippen molar-refractivity contribution in [2.45, 2.75) is 6.61 Å². The summed E-state index contributed by atoms with van der Waals surface area (Å²) in [7, 11) is 3.20. The van der Waals surface area contributed by atoms with E-state index in [1.165, 1.54) is 0 Å². The number of halogens is 1. The molecule has 0 bridgehead atoms. The Balaban J connectivity index is 1.62. The van der Waals surface area contributed by atoms with Crippen LogP contribution in [0, 0.1) is 0 Å². The number of hydrogen-bond donors (Lipinski definition) is 0. The van der Waals surface area contributed by atoms with Gasteiger partial charge in [0, 0.05) is 24.1 Å². The molecule has 6 nitrogen and oxygen atoms in total. The fourth-order valence-electron chi connectivity index (χ4n) is 3.20. The third-order valence-corrected chi connectivity index (χ3v) is 5.11. The lowest BCUT2D eigenvalue weighted by molar-refractivity contribution is 0.144. The Labute approximate surface area is 191 Å². The van der Waals surface area contributed by atoms with Crippen LogP contribution in [0.1, 0.15) is 5.56 Å². The first kappa shape index (κ1) is 21.9. The van der Waals surface area contributed by atoms with Crippen molar-refractivity contribution in [1.29, 1.82) is 0 Å². The molecule has 4 rings (SSSR count). The maximum atomic E-state index is 6.52. The number of fused-ring (bicyclic) bond motifs is 1. The van der Waals surface area contributed by atoms with Gasteiger partial charge < -0.3 is 18.9 Å². The second-order valence-corrected chi connectivity index (χ2v) is 7.36. The van der Waals surface area contributed by atoms with E-state index in [1.807, 2.05) is 54.6 Å². The zero-order valence-electron chi connectivity index (χ0n) is 17.9. The van der Waals surface area contributed by atoms with E-state index in [0.717, 1.165) is 16.9 Å². The van der Waals surface area contributed by atoms with Gasteiger partial charge in [0.15, 0.2) is 17.3 Å². The second-order valence-electron chi connectivity index (χ2n) is 7.00. The molecule has 0 N–H and O–H groups in total. The second kappa shape index (κ2) is 10.3. The van der Waals surface area contributed by atoms with Crippen LogP contribution in [0.15, 0.2) is 66.7 Å². The van der Waals surface area contributed by atoms with Gasteiger partial charge in [-0.3, -0.25) is 0 Å². The Hall–Kier alpha value is -3.35. The number of hydrogen-bond acceptors (Lipinski definition) is 6. The van der Waals surface area contributed by atoms with E-state index < -0.39 is 0 Å². The van der Waals surface area contributed by atoms with E-state index in [4.69, 9.17) is 35.5 Å². The van der Waals surface area contributed by atoms with Crippen molar-refractivity contribution < 1.29 is 18.9 Å². The lowest BCUT2D eigenvalue weighted by atomic mass is 10.1. The summed E-state index contributed by atoms with van der Waals surface area (Å²) in [6.07, 6.45) is 0. The van der Waals surface area contributed by atoms with Crippen molar-refractivity contribution in [3.8, 4) is 28.6 Å². The Morgan fingerprint density at radius 1 is 0.812 bits per heavy atom. The molecule has 0 radical (unpaired) electrons. The fraction of sp³-hybridized carbons (Fsp3) is 0.200. The summed E-state index contributed by atoms with van der Waals surface area (Å²) in [5.74, 6) is 2.36. The molecule has 0 atom stereocenters. The molecule has 0 aliphatic carbocycles. The summed E-state index contributed by atoms with van der Waals surface area (Å²) < 4.78 is 22.2. The van der Waals surface area contributed by atoms with Gasteiger partial charge >= 0.3 is 0 Å². The number of rotatable bonds is 9. The minimum Gasteiger partial charge on any atom is -0.493 e. The van der Waals surface area contributed by atoms with Gasteiger partial charge in [0.1, 0.15) is 24.1 Å². The summed E-state index contributed by atoms with van der Waals surface area (Å²) in [5.41, 5.74) is 2.56. The van der Waals surface area contributed by atoms with Gasteiger partial charge in [-0.05, 0) is 23.8 Å². The molecule has 0 aliphatic rings. The summed E-state index contributed by atoms with van der Waals surface area (Å²) in [6, 6.07) is 21.2. The lowest BCUT2D eigenvalue weighted by Crippen LogP contribution is -2.05. The Kier molecular flexibility index (Phi) is 7.04. The summed E-state index contributed by atoms with van der Waals surface area (Å²) >= 11 is 6.52. The quantitative estimate of drug-likeness (QED) is 0.245. The molecule has 0 spiro atoms.